The molecule has 3 N–H and O–H groups in total. The minimum Gasteiger partial charge on any atom is -0.399 e. The van der Waals surface area contributed by atoms with Crippen molar-refractivity contribution in [3.8, 4) is 0 Å². The molecule has 5 heteroatoms. The van der Waals surface area contributed by atoms with Crippen molar-refractivity contribution in [2.75, 3.05) is 11.1 Å². The number of hydrogen-bond acceptors (Lipinski definition) is 3. The van der Waals surface area contributed by atoms with Gasteiger partial charge < -0.3 is 15.6 Å². The molecule has 2 rings (SSSR count). The van der Waals surface area contributed by atoms with Crippen LogP contribution in [0.3, 0.4) is 0 Å². The summed E-state index contributed by atoms with van der Waals surface area (Å²) in [7, 11) is 1.98. The highest BCUT2D eigenvalue weighted by molar-refractivity contribution is 14.1. The second kappa shape index (κ2) is 4.73. The zero-order valence-corrected chi connectivity index (χ0v) is 11.1. The quantitative estimate of drug-likeness (QED) is 0.671. The van der Waals surface area contributed by atoms with Crippen molar-refractivity contribution in [2.24, 2.45) is 7.05 Å². The maximum Gasteiger partial charge on any atom is 0.127 e. The molecule has 0 aliphatic carbocycles. The van der Waals surface area contributed by atoms with E-state index in [0.29, 0.717) is 6.54 Å². The smallest absolute Gasteiger partial charge is 0.127 e. The fourth-order valence-electron chi connectivity index (χ4n) is 1.42. The molecule has 4 nitrogen and oxygen atoms in total. The molecule has 1 aromatic carbocycles. The Balaban J connectivity index is 2.08. The van der Waals surface area contributed by atoms with Gasteiger partial charge in [-0.3, -0.25) is 0 Å². The number of anilines is 2. The molecule has 0 spiro atoms. The first-order chi connectivity index (χ1) is 7.66. The van der Waals surface area contributed by atoms with Crippen molar-refractivity contribution < 1.29 is 0 Å². The van der Waals surface area contributed by atoms with E-state index in [9.17, 15) is 0 Å². The largest absolute Gasteiger partial charge is 0.399 e. The number of nitrogens with two attached hydrogens (primary N) is 1. The molecule has 0 fully saturated rings. The maximum absolute atomic E-state index is 5.69. The van der Waals surface area contributed by atoms with Gasteiger partial charge in [-0.25, -0.2) is 4.98 Å². The SMILES string of the molecule is Cn1ccnc1CNc1ccc(N)cc1I. The van der Waals surface area contributed by atoms with E-state index in [4.69, 9.17) is 5.73 Å². The minimum absolute atomic E-state index is 0.712. The highest BCUT2D eigenvalue weighted by atomic mass is 127. The molecule has 0 saturated heterocycles. The standard InChI is InChI=1S/C11H13IN4/c1-16-5-4-14-11(16)7-15-10-3-2-8(13)6-9(10)12/h2-6,15H,7,13H2,1H3. The van der Waals surface area contributed by atoms with Crippen molar-refractivity contribution in [3.05, 3.63) is 40.0 Å². The Labute approximate surface area is 108 Å². The summed E-state index contributed by atoms with van der Waals surface area (Å²) in [5, 5.41) is 3.34. The Morgan fingerprint density at radius 1 is 1.50 bits per heavy atom. The number of rotatable bonds is 3. The van der Waals surface area contributed by atoms with Crippen molar-refractivity contribution in [2.45, 2.75) is 6.54 Å². The van der Waals surface area contributed by atoms with Gasteiger partial charge >= 0.3 is 0 Å². The second-order valence-corrected chi connectivity index (χ2v) is 4.71. The van der Waals surface area contributed by atoms with Crippen LogP contribution >= 0.6 is 22.6 Å². The van der Waals surface area contributed by atoms with Crippen LogP contribution in [0.15, 0.2) is 30.6 Å². The fraction of sp³-hybridized carbons (Fsp3) is 0.182. The van der Waals surface area contributed by atoms with E-state index in [1.807, 2.05) is 36.0 Å². The molecule has 0 bridgehead atoms. The van der Waals surface area contributed by atoms with Crippen LogP contribution in [0.1, 0.15) is 5.82 Å². The molecule has 2 aromatic rings. The Hall–Kier alpha value is -1.24. The molecule has 16 heavy (non-hydrogen) atoms. The normalized spacial score (nSPS) is 10.4. The van der Waals surface area contributed by atoms with Gasteiger partial charge in [0.2, 0.25) is 0 Å². The number of hydrogen-bond donors (Lipinski definition) is 2. The summed E-state index contributed by atoms with van der Waals surface area (Å²) in [5.74, 6) is 1.01. The van der Waals surface area contributed by atoms with E-state index in [-0.39, 0.29) is 0 Å². The van der Waals surface area contributed by atoms with Gasteiger partial charge in [-0.2, -0.15) is 0 Å². The summed E-state index contributed by atoms with van der Waals surface area (Å²) in [6.07, 6.45) is 3.73. The third-order valence-electron chi connectivity index (χ3n) is 2.35. The van der Waals surface area contributed by atoms with Gasteiger partial charge in [-0.1, -0.05) is 0 Å². The predicted molar refractivity (Wildman–Crippen MR) is 74.1 cm³/mol. The van der Waals surface area contributed by atoms with E-state index in [0.717, 1.165) is 20.8 Å². The lowest BCUT2D eigenvalue weighted by molar-refractivity contribution is 0.812. The first kappa shape index (κ1) is 11.3. The summed E-state index contributed by atoms with van der Waals surface area (Å²) in [5.41, 5.74) is 7.56. The molecule has 0 amide bonds. The summed E-state index contributed by atoms with van der Waals surface area (Å²) in [6, 6.07) is 5.82. The maximum atomic E-state index is 5.69. The van der Waals surface area contributed by atoms with Crippen LogP contribution in [0.5, 0.6) is 0 Å². The van der Waals surface area contributed by atoms with Crippen molar-refractivity contribution in [1.82, 2.24) is 9.55 Å². The van der Waals surface area contributed by atoms with Gasteiger partial charge in [0.15, 0.2) is 0 Å². The second-order valence-electron chi connectivity index (χ2n) is 3.55. The number of aromatic nitrogens is 2. The average Bonchev–Trinajstić information content (AvgIpc) is 2.63. The highest BCUT2D eigenvalue weighted by Gasteiger charge is 2.02. The Kier molecular flexibility index (Phi) is 3.33. The summed E-state index contributed by atoms with van der Waals surface area (Å²) in [6.45, 7) is 0.712. The summed E-state index contributed by atoms with van der Waals surface area (Å²) in [4.78, 5) is 4.25. The molecule has 1 aromatic heterocycles. The zero-order chi connectivity index (χ0) is 11.5. The van der Waals surface area contributed by atoms with Crippen LogP contribution in [0, 0.1) is 3.57 Å². The van der Waals surface area contributed by atoms with Crippen molar-refractivity contribution >= 4 is 34.0 Å². The highest BCUT2D eigenvalue weighted by Crippen LogP contribution is 2.21. The van der Waals surface area contributed by atoms with Crippen LogP contribution in [0.2, 0.25) is 0 Å². The number of nitrogens with one attached hydrogen (secondary N) is 1. The average molecular weight is 328 g/mol. The fourth-order valence-corrected chi connectivity index (χ4v) is 2.15. The molecular weight excluding hydrogens is 315 g/mol. The van der Waals surface area contributed by atoms with Gasteiger partial charge in [0.1, 0.15) is 5.82 Å². The first-order valence-electron chi connectivity index (χ1n) is 4.92. The monoisotopic (exact) mass is 328 g/mol. The Morgan fingerprint density at radius 3 is 2.94 bits per heavy atom. The van der Waals surface area contributed by atoms with Crippen LogP contribution in [-0.2, 0) is 13.6 Å². The molecule has 0 radical (unpaired) electrons. The lowest BCUT2D eigenvalue weighted by Gasteiger charge is -2.09. The van der Waals surface area contributed by atoms with E-state index in [1.165, 1.54) is 0 Å². The van der Waals surface area contributed by atoms with Crippen LogP contribution in [0.25, 0.3) is 0 Å². The van der Waals surface area contributed by atoms with Crippen molar-refractivity contribution in [3.63, 3.8) is 0 Å². The summed E-state index contributed by atoms with van der Waals surface area (Å²) >= 11 is 2.27. The number of aryl methyl sites for hydroxylation is 1. The summed E-state index contributed by atoms with van der Waals surface area (Å²) < 4.78 is 3.11. The first-order valence-corrected chi connectivity index (χ1v) is 6.00. The van der Waals surface area contributed by atoms with Crippen LogP contribution in [-0.4, -0.2) is 9.55 Å². The minimum atomic E-state index is 0.712. The third kappa shape index (κ3) is 2.46. The van der Waals surface area contributed by atoms with E-state index < -0.39 is 0 Å². The zero-order valence-electron chi connectivity index (χ0n) is 8.94. The van der Waals surface area contributed by atoms with Gasteiger partial charge in [0.25, 0.3) is 0 Å². The molecular formula is C11H13IN4. The number of benzene rings is 1. The van der Waals surface area contributed by atoms with Gasteiger partial charge in [0.05, 0.1) is 6.54 Å². The number of nitrogen functional groups attached to an aromatic ring is 1. The molecule has 0 saturated carbocycles. The van der Waals surface area contributed by atoms with Crippen molar-refractivity contribution in [1.29, 1.82) is 0 Å². The number of imidazole rings is 1. The predicted octanol–water partition coefficient (Wildman–Crippen LogP) is 2.22. The Morgan fingerprint density at radius 2 is 2.31 bits per heavy atom. The number of halogens is 1. The van der Waals surface area contributed by atoms with Gasteiger partial charge in [-0.15, -0.1) is 0 Å². The van der Waals surface area contributed by atoms with Crippen LogP contribution < -0.4 is 11.1 Å². The van der Waals surface area contributed by atoms with Gasteiger partial charge in [-0.05, 0) is 40.8 Å². The molecule has 84 valence electrons. The lowest BCUT2D eigenvalue weighted by atomic mass is 10.3. The van der Waals surface area contributed by atoms with E-state index >= 15 is 0 Å². The van der Waals surface area contributed by atoms with Gasteiger partial charge in [0, 0.05) is 34.4 Å². The molecule has 0 unspecified atom stereocenters. The lowest BCUT2D eigenvalue weighted by Crippen LogP contribution is -2.06. The number of nitrogens with zero attached hydrogens (tertiary/aromatic N) is 2. The third-order valence-corrected chi connectivity index (χ3v) is 3.24. The molecule has 0 aliphatic rings. The topological polar surface area (TPSA) is 55.9 Å². The van der Waals surface area contributed by atoms with Crippen LogP contribution in [0.4, 0.5) is 11.4 Å². The Bertz CT molecular complexity index is 492. The molecule has 0 atom stereocenters. The van der Waals surface area contributed by atoms with E-state index in [2.05, 4.69) is 32.9 Å². The molecule has 0 aliphatic heterocycles. The molecule has 1 heterocycles. The van der Waals surface area contributed by atoms with E-state index in [1.54, 1.807) is 6.20 Å².